The third-order valence-corrected chi connectivity index (χ3v) is 2.40. The monoisotopic (exact) mass is 255 g/mol. The number of aromatic amines is 1. The molecule has 0 saturated heterocycles. The van der Waals surface area contributed by atoms with Gasteiger partial charge in [0.05, 0.1) is 11.3 Å². The lowest BCUT2D eigenvalue weighted by molar-refractivity contribution is -0.137. The molecular formula is C11H8F3N3O. The molecule has 1 aromatic heterocycles. The zero-order valence-electron chi connectivity index (χ0n) is 8.95. The van der Waals surface area contributed by atoms with Gasteiger partial charge in [0.2, 0.25) is 5.91 Å². The van der Waals surface area contributed by atoms with E-state index in [4.69, 9.17) is 5.73 Å². The first-order chi connectivity index (χ1) is 8.39. The molecule has 1 heterocycles. The maximum absolute atomic E-state index is 12.5. The molecule has 0 bridgehead atoms. The average molecular weight is 255 g/mol. The molecule has 0 spiro atoms. The minimum Gasteiger partial charge on any atom is -0.366 e. The minimum atomic E-state index is -4.52. The summed E-state index contributed by atoms with van der Waals surface area (Å²) in [5.41, 5.74) is 4.69. The smallest absolute Gasteiger partial charge is 0.366 e. The number of primary amides is 1. The average Bonchev–Trinajstić information content (AvgIpc) is 2.80. The molecule has 94 valence electrons. The first-order valence-corrected chi connectivity index (χ1v) is 4.90. The predicted octanol–water partition coefficient (Wildman–Crippen LogP) is 2.19. The Bertz CT molecular complexity index is 576. The zero-order chi connectivity index (χ0) is 13.3. The van der Waals surface area contributed by atoms with E-state index in [9.17, 15) is 18.0 Å². The summed E-state index contributed by atoms with van der Waals surface area (Å²) in [5.74, 6) is -0.925. The third-order valence-electron chi connectivity index (χ3n) is 2.40. The molecule has 0 radical (unpaired) electrons. The summed E-state index contributed by atoms with van der Waals surface area (Å²) in [4.78, 5) is 11.2. The zero-order valence-corrected chi connectivity index (χ0v) is 8.95. The number of amides is 1. The highest BCUT2D eigenvalue weighted by Gasteiger charge is 2.31. The van der Waals surface area contributed by atoms with E-state index in [1.54, 1.807) is 0 Å². The Labute approximate surface area is 99.6 Å². The standard InChI is InChI=1S/C11H8F3N3O/c12-11(13,14)6-1-2-7(8(5-6)10(15)18)9-3-4-16-17-9/h1-5H,(H2,15,18)(H,16,17). The first kappa shape index (κ1) is 12.2. The SMILES string of the molecule is NC(=O)c1cc(C(F)(F)F)ccc1-c1ccn[nH]1. The van der Waals surface area contributed by atoms with Crippen molar-refractivity contribution in [2.45, 2.75) is 6.18 Å². The predicted molar refractivity (Wildman–Crippen MR) is 57.5 cm³/mol. The van der Waals surface area contributed by atoms with Crippen molar-refractivity contribution in [2.24, 2.45) is 5.73 Å². The summed E-state index contributed by atoms with van der Waals surface area (Å²) < 4.78 is 37.6. The van der Waals surface area contributed by atoms with Crippen molar-refractivity contribution >= 4 is 5.91 Å². The number of hydrogen-bond donors (Lipinski definition) is 2. The molecule has 0 aliphatic heterocycles. The van der Waals surface area contributed by atoms with Crippen LogP contribution in [0.1, 0.15) is 15.9 Å². The van der Waals surface area contributed by atoms with Crippen LogP contribution in [0.2, 0.25) is 0 Å². The van der Waals surface area contributed by atoms with E-state index in [2.05, 4.69) is 10.2 Å². The largest absolute Gasteiger partial charge is 0.416 e. The van der Waals surface area contributed by atoms with Gasteiger partial charge >= 0.3 is 6.18 Å². The molecule has 0 aliphatic carbocycles. The number of nitrogens with one attached hydrogen (secondary N) is 1. The summed E-state index contributed by atoms with van der Waals surface area (Å²) in [5, 5.41) is 6.24. The molecule has 1 aromatic carbocycles. The van der Waals surface area contributed by atoms with Crippen LogP contribution >= 0.6 is 0 Å². The van der Waals surface area contributed by atoms with E-state index in [-0.39, 0.29) is 11.1 Å². The van der Waals surface area contributed by atoms with E-state index in [0.29, 0.717) is 5.69 Å². The van der Waals surface area contributed by atoms with Crippen molar-refractivity contribution in [1.29, 1.82) is 0 Å². The first-order valence-electron chi connectivity index (χ1n) is 4.90. The van der Waals surface area contributed by atoms with Gasteiger partial charge in [0.1, 0.15) is 0 Å². The van der Waals surface area contributed by atoms with Gasteiger partial charge in [-0.05, 0) is 18.2 Å². The fourth-order valence-corrected chi connectivity index (χ4v) is 1.57. The Balaban J connectivity index is 2.59. The Morgan fingerprint density at radius 1 is 1.28 bits per heavy atom. The summed E-state index contributed by atoms with van der Waals surface area (Å²) in [7, 11) is 0. The fraction of sp³-hybridized carbons (Fsp3) is 0.0909. The number of aromatic nitrogens is 2. The second kappa shape index (κ2) is 4.17. The maximum Gasteiger partial charge on any atom is 0.416 e. The highest BCUT2D eigenvalue weighted by Crippen LogP contribution is 2.32. The number of carbonyl (C=O) groups is 1. The molecule has 0 atom stereocenters. The Morgan fingerprint density at radius 2 is 2.00 bits per heavy atom. The summed E-state index contributed by atoms with van der Waals surface area (Å²) in [6.07, 6.45) is -3.09. The van der Waals surface area contributed by atoms with Crippen LogP contribution in [0.3, 0.4) is 0 Å². The van der Waals surface area contributed by atoms with Gasteiger partial charge < -0.3 is 5.73 Å². The van der Waals surface area contributed by atoms with Crippen LogP contribution in [0.5, 0.6) is 0 Å². The van der Waals surface area contributed by atoms with Crippen molar-refractivity contribution in [1.82, 2.24) is 10.2 Å². The van der Waals surface area contributed by atoms with Gasteiger partial charge in [0.25, 0.3) is 0 Å². The van der Waals surface area contributed by atoms with Gasteiger partial charge in [0.15, 0.2) is 0 Å². The van der Waals surface area contributed by atoms with Crippen molar-refractivity contribution < 1.29 is 18.0 Å². The maximum atomic E-state index is 12.5. The van der Waals surface area contributed by atoms with Gasteiger partial charge in [-0.25, -0.2) is 0 Å². The van der Waals surface area contributed by atoms with Crippen molar-refractivity contribution in [3.8, 4) is 11.3 Å². The molecule has 0 fully saturated rings. The van der Waals surface area contributed by atoms with Gasteiger partial charge in [0, 0.05) is 17.3 Å². The summed E-state index contributed by atoms with van der Waals surface area (Å²) in [6, 6.07) is 4.35. The molecule has 1 amide bonds. The molecule has 18 heavy (non-hydrogen) atoms. The Hall–Kier alpha value is -2.31. The number of halogens is 3. The number of carbonyl (C=O) groups excluding carboxylic acids is 1. The number of nitrogens with two attached hydrogens (primary N) is 1. The minimum absolute atomic E-state index is 0.200. The van der Waals surface area contributed by atoms with Crippen LogP contribution in [-0.2, 0) is 6.18 Å². The normalized spacial score (nSPS) is 11.5. The number of alkyl halides is 3. The van der Waals surface area contributed by atoms with E-state index >= 15 is 0 Å². The van der Waals surface area contributed by atoms with Crippen molar-refractivity contribution in [2.75, 3.05) is 0 Å². The van der Waals surface area contributed by atoms with Crippen molar-refractivity contribution in [3.63, 3.8) is 0 Å². The van der Waals surface area contributed by atoms with Crippen LogP contribution in [0.4, 0.5) is 13.2 Å². The van der Waals surface area contributed by atoms with E-state index in [0.717, 1.165) is 12.1 Å². The quantitative estimate of drug-likeness (QED) is 0.863. The van der Waals surface area contributed by atoms with E-state index in [1.807, 2.05) is 0 Å². The van der Waals surface area contributed by atoms with Crippen LogP contribution < -0.4 is 5.73 Å². The summed E-state index contributed by atoms with van der Waals surface area (Å²) >= 11 is 0. The lowest BCUT2D eigenvalue weighted by Gasteiger charge is -2.10. The molecule has 7 heteroatoms. The number of H-pyrrole nitrogens is 1. The van der Waals surface area contributed by atoms with Crippen molar-refractivity contribution in [3.05, 3.63) is 41.6 Å². The number of hydrogen-bond acceptors (Lipinski definition) is 2. The highest BCUT2D eigenvalue weighted by molar-refractivity contribution is 5.99. The molecule has 4 nitrogen and oxygen atoms in total. The molecular weight excluding hydrogens is 247 g/mol. The number of nitrogens with zero attached hydrogens (tertiary/aromatic N) is 1. The second-order valence-corrected chi connectivity index (χ2v) is 3.59. The van der Waals surface area contributed by atoms with E-state index < -0.39 is 17.6 Å². The number of rotatable bonds is 2. The van der Waals surface area contributed by atoms with Gasteiger partial charge in [-0.2, -0.15) is 18.3 Å². The van der Waals surface area contributed by atoms with Gasteiger partial charge in [-0.1, -0.05) is 6.07 Å². The van der Waals surface area contributed by atoms with Crippen LogP contribution in [0, 0.1) is 0 Å². The van der Waals surface area contributed by atoms with Crippen LogP contribution in [0.25, 0.3) is 11.3 Å². The van der Waals surface area contributed by atoms with Gasteiger partial charge in [-0.15, -0.1) is 0 Å². The third kappa shape index (κ3) is 2.20. The van der Waals surface area contributed by atoms with Crippen LogP contribution in [-0.4, -0.2) is 16.1 Å². The molecule has 2 rings (SSSR count). The molecule has 0 aliphatic rings. The Kier molecular flexibility index (Phi) is 2.82. The molecule has 0 unspecified atom stereocenters. The lowest BCUT2D eigenvalue weighted by atomic mass is 10.0. The second-order valence-electron chi connectivity index (χ2n) is 3.59. The van der Waals surface area contributed by atoms with E-state index in [1.165, 1.54) is 18.3 Å². The summed E-state index contributed by atoms with van der Waals surface area (Å²) in [6.45, 7) is 0. The fourth-order valence-electron chi connectivity index (χ4n) is 1.57. The molecule has 2 aromatic rings. The van der Waals surface area contributed by atoms with Crippen LogP contribution in [0.15, 0.2) is 30.5 Å². The molecule has 0 saturated carbocycles. The molecule has 3 N–H and O–H groups in total. The number of benzene rings is 1. The lowest BCUT2D eigenvalue weighted by Crippen LogP contribution is -2.15. The Morgan fingerprint density at radius 3 is 2.50 bits per heavy atom. The topological polar surface area (TPSA) is 71.8 Å². The van der Waals surface area contributed by atoms with Gasteiger partial charge in [-0.3, -0.25) is 9.89 Å². The highest BCUT2D eigenvalue weighted by atomic mass is 19.4.